The molecule has 2 saturated heterocycles. The number of imidazole rings is 2. The summed E-state index contributed by atoms with van der Waals surface area (Å²) >= 11 is 0. The number of carbonyl (C=O) groups is 1. The zero-order valence-electron chi connectivity index (χ0n) is 29.0. The maximum absolute atomic E-state index is 12.5. The number of benzene rings is 2. The van der Waals surface area contributed by atoms with E-state index in [1.807, 2.05) is 31.7 Å². The van der Waals surface area contributed by atoms with Crippen molar-refractivity contribution in [1.29, 1.82) is 0 Å². The van der Waals surface area contributed by atoms with Crippen LogP contribution in [-0.4, -0.2) is 89.3 Å². The zero-order chi connectivity index (χ0) is 33.2. The molecule has 0 radical (unpaired) electrons. The van der Waals surface area contributed by atoms with Crippen molar-refractivity contribution in [1.82, 2.24) is 29.3 Å². The van der Waals surface area contributed by atoms with Gasteiger partial charge in [-0.1, -0.05) is 31.7 Å². The molecule has 6 rings (SSSR count). The Kier molecular flexibility index (Phi) is 13.8. The monoisotopic (exact) mass is 662 g/mol. The molecular weight excluding hydrogens is 604 g/mol. The second-order valence-corrected chi connectivity index (χ2v) is 13.7. The van der Waals surface area contributed by atoms with Crippen molar-refractivity contribution < 1.29 is 19.0 Å². The highest BCUT2D eigenvalue weighted by Gasteiger charge is 2.31. The third-order valence-corrected chi connectivity index (χ3v) is 8.93. The van der Waals surface area contributed by atoms with Gasteiger partial charge in [-0.2, -0.15) is 0 Å². The normalized spacial score (nSPS) is 18.3. The van der Waals surface area contributed by atoms with Crippen LogP contribution in [0.3, 0.4) is 0 Å². The standard InChI is InChI=1S/C21H31N3O3.C16H23N3O.CH4/c1-21(2,3)27-20(25)23-12-7-9-16(15-23)19-22-17-10-5-6-11-18(17)24(19)13-8-14-26-4;1-20-11-5-10-19-15-8-3-2-7-14(15)18-16(19)13-6-4-9-17-12-13;/h5-6,10-11,16H,7-9,12-15H2,1-4H3;2-3,7-8,13,17H,4-6,9-12H2,1H3;1H4/t16-;13-;/m11./s1. The zero-order valence-corrected chi connectivity index (χ0v) is 29.0. The Morgan fingerprint density at radius 3 is 1.90 bits per heavy atom. The average molecular weight is 663 g/mol. The second kappa shape index (κ2) is 17.8. The topological polar surface area (TPSA) is 95.7 Å². The van der Waals surface area contributed by atoms with Crippen LogP contribution < -0.4 is 5.32 Å². The first-order valence-corrected chi connectivity index (χ1v) is 17.4. The Bertz CT molecular complexity index is 1570. The van der Waals surface area contributed by atoms with E-state index in [2.05, 4.69) is 56.9 Å². The summed E-state index contributed by atoms with van der Waals surface area (Å²) in [5.74, 6) is 3.08. The number of nitrogens with one attached hydrogen (secondary N) is 1. The molecule has 10 nitrogen and oxygen atoms in total. The van der Waals surface area contributed by atoms with Crippen LogP contribution in [0.4, 0.5) is 4.79 Å². The molecule has 48 heavy (non-hydrogen) atoms. The molecule has 4 aromatic rings. The van der Waals surface area contributed by atoms with Gasteiger partial charge in [-0.3, -0.25) is 0 Å². The second-order valence-electron chi connectivity index (χ2n) is 13.7. The number of rotatable bonds is 10. The first-order chi connectivity index (χ1) is 22.8. The molecule has 0 aliphatic carbocycles. The van der Waals surface area contributed by atoms with E-state index in [1.165, 1.54) is 24.2 Å². The highest BCUT2D eigenvalue weighted by Crippen LogP contribution is 2.31. The lowest BCUT2D eigenvalue weighted by atomic mass is 9.97. The summed E-state index contributed by atoms with van der Waals surface area (Å²) in [6.45, 7) is 12.7. The molecule has 2 fully saturated rings. The van der Waals surface area contributed by atoms with Gasteiger partial charge >= 0.3 is 6.09 Å². The molecule has 1 amide bonds. The number of aryl methyl sites for hydroxylation is 2. The van der Waals surface area contributed by atoms with Crippen LogP contribution in [0.25, 0.3) is 22.1 Å². The van der Waals surface area contributed by atoms with Crippen molar-refractivity contribution in [2.24, 2.45) is 0 Å². The molecule has 2 aliphatic heterocycles. The Balaban J connectivity index is 0.000000221. The number of methoxy groups -OCH3 is 2. The minimum atomic E-state index is -0.475. The van der Waals surface area contributed by atoms with Crippen LogP contribution >= 0.6 is 0 Å². The van der Waals surface area contributed by atoms with E-state index in [0.29, 0.717) is 12.5 Å². The maximum atomic E-state index is 12.5. The van der Waals surface area contributed by atoms with Crippen molar-refractivity contribution in [2.45, 2.75) is 97.2 Å². The predicted octanol–water partition coefficient (Wildman–Crippen LogP) is 7.36. The number of likely N-dealkylation sites (tertiary alicyclic amines) is 1. The number of amides is 1. The fraction of sp³-hybridized carbons (Fsp3) is 0.605. The van der Waals surface area contributed by atoms with E-state index in [0.717, 1.165) is 94.0 Å². The third kappa shape index (κ3) is 9.57. The summed E-state index contributed by atoms with van der Waals surface area (Å²) in [7, 11) is 3.49. The number of piperidine rings is 2. The van der Waals surface area contributed by atoms with E-state index < -0.39 is 5.60 Å². The molecule has 0 bridgehead atoms. The Morgan fingerprint density at radius 1 is 0.833 bits per heavy atom. The third-order valence-electron chi connectivity index (χ3n) is 8.93. The molecule has 1 N–H and O–H groups in total. The van der Waals surface area contributed by atoms with Crippen molar-refractivity contribution in [3.63, 3.8) is 0 Å². The van der Waals surface area contributed by atoms with Gasteiger partial charge in [0, 0.05) is 72.0 Å². The molecule has 2 aliphatic rings. The molecule has 0 saturated carbocycles. The summed E-state index contributed by atoms with van der Waals surface area (Å²) in [5.41, 5.74) is 4.06. The van der Waals surface area contributed by atoms with E-state index in [4.69, 9.17) is 24.2 Å². The fourth-order valence-corrected chi connectivity index (χ4v) is 6.77. The smallest absolute Gasteiger partial charge is 0.410 e. The fourth-order valence-electron chi connectivity index (χ4n) is 6.77. The lowest BCUT2D eigenvalue weighted by Gasteiger charge is -2.34. The Labute approximate surface area is 287 Å². The van der Waals surface area contributed by atoms with Gasteiger partial charge in [0.25, 0.3) is 0 Å². The number of hydrogen-bond donors (Lipinski definition) is 1. The number of fused-ring (bicyclic) bond motifs is 2. The van der Waals surface area contributed by atoms with E-state index >= 15 is 0 Å². The first kappa shape index (κ1) is 37.4. The number of carbonyl (C=O) groups excluding carboxylic acids is 1. The molecule has 4 heterocycles. The minimum Gasteiger partial charge on any atom is -0.444 e. The average Bonchev–Trinajstić information content (AvgIpc) is 3.64. The number of ether oxygens (including phenoxy) is 3. The van der Waals surface area contributed by atoms with Gasteiger partial charge in [0.1, 0.15) is 17.2 Å². The number of nitrogens with zero attached hydrogens (tertiary/aromatic N) is 5. The number of hydrogen-bond acceptors (Lipinski definition) is 7. The van der Waals surface area contributed by atoms with Crippen molar-refractivity contribution in [3.8, 4) is 0 Å². The summed E-state index contributed by atoms with van der Waals surface area (Å²) in [6.07, 6.45) is 6.22. The highest BCUT2D eigenvalue weighted by molar-refractivity contribution is 5.77. The largest absolute Gasteiger partial charge is 0.444 e. The van der Waals surface area contributed by atoms with Gasteiger partial charge < -0.3 is 33.6 Å². The molecule has 10 heteroatoms. The molecule has 2 aromatic carbocycles. The van der Waals surface area contributed by atoms with Crippen LogP contribution in [0.1, 0.15) is 90.2 Å². The van der Waals surface area contributed by atoms with Crippen molar-refractivity contribution >= 4 is 28.2 Å². The van der Waals surface area contributed by atoms with Crippen molar-refractivity contribution in [3.05, 3.63) is 60.2 Å². The highest BCUT2D eigenvalue weighted by atomic mass is 16.6. The first-order valence-electron chi connectivity index (χ1n) is 17.4. The van der Waals surface area contributed by atoms with Crippen LogP contribution in [0.2, 0.25) is 0 Å². The van der Waals surface area contributed by atoms with Gasteiger partial charge in [-0.15, -0.1) is 0 Å². The molecule has 264 valence electrons. The maximum Gasteiger partial charge on any atom is 0.410 e. The predicted molar refractivity (Wildman–Crippen MR) is 194 cm³/mol. The summed E-state index contributed by atoms with van der Waals surface area (Å²) in [4.78, 5) is 24.2. The number of aromatic nitrogens is 4. The van der Waals surface area contributed by atoms with Gasteiger partial charge in [-0.25, -0.2) is 14.8 Å². The van der Waals surface area contributed by atoms with E-state index in [9.17, 15) is 4.79 Å². The van der Waals surface area contributed by atoms with E-state index in [-0.39, 0.29) is 19.4 Å². The van der Waals surface area contributed by atoms with Crippen molar-refractivity contribution in [2.75, 3.05) is 53.6 Å². The van der Waals surface area contributed by atoms with E-state index in [1.54, 1.807) is 14.2 Å². The molecule has 2 aromatic heterocycles. The van der Waals surface area contributed by atoms with Crippen LogP contribution in [0, 0.1) is 0 Å². The summed E-state index contributed by atoms with van der Waals surface area (Å²) in [5, 5.41) is 3.49. The summed E-state index contributed by atoms with van der Waals surface area (Å²) in [6, 6.07) is 16.7. The quantitative estimate of drug-likeness (QED) is 0.177. The number of para-hydroxylation sites is 4. The molecular formula is C38H58N6O4. The van der Waals surface area contributed by atoms with Gasteiger partial charge in [0.15, 0.2) is 0 Å². The lowest BCUT2D eigenvalue weighted by molar-refractivity contribution is 0.0195. The molecule has 0 unspecified atom stereocenters. The van der Waals surface area contributed by atoms with Gasteiger partial charge in [0.05, 0.1) is 22.1 Å². The summed E-state index contributed by atoms with van der Waals surface area (Å²) < 4.78 is 20.7. The van der Waals surface area contributed by atoms with Gasteiger partial charge in [-0.05, 0) is 90.1 Å². The van der Waals surface area contributed by atoms with Gasteiger partial charge in [0.2, 0.25) is 0 Å². The van der Waals surface area contributed by atoms with Crippen LogP contribution in [0.5, 0.6) is 0 Å². The Hall–Kier alpha value is -3.47. The van der Waals surface area contributed by atoms with Crippen LogP contribution in [0.15, 0.2) is 48.5 Å². The van der Waals surface area contributed by atoms with Crippen LogP contribution in [-0.2, 0) is 27.3 Å². The minimum absolute atomic E-state index is 0. The molecule has 0 spiro atoms. The Morgan fingerprint density at radius 2 is 1.38 bits per heavy atom. The SMILES string of the molecule is C.COCCCn1c([C@@H]2CCCN(C(=O)OC(C)(C)C)C2)nc2ccccc21.COCCCn1c([C@@H]2CCCNC2)nc2ccccc21. The lowest BCUT2D eigenvalue weighted by Crippen LogP contribution is -2.42. The molecule has 2 atom stereocenters.